The number of anilines is 1. The van der Waals surface area contributed by atoms with Gasteiger partial charge in [0.25, 0.3) is 0 Å². The van der Waals surface area contributed by atoms with Crippen molar-refractivity contribution < 1.29 is 33.0 Å². The summed E-state index contributed by atoms with van der Waals surface area (Å²) in [6.45, 7) is 3.05. The molecule has 0 unspecified atom stereocenters. The Morgan fingerprint density at radius 2 is 1.70 bits per heavy atom. The summed E-state index contributed by atoms with van der Waals surface area (Å²) in [4.78, 5) is 36.6. The molecular weight excluding hydrogens is 377 g/mol. The Morgan fingerprint density at radius 1 is 1.04 bits per heavy atom. The van der Waals surface area contributed by atoms with Crippen molar-refractivity contribution in [2.45, 2.75) is 20.5 Å². The van der Waals surface area contributed by atoms with Gasteiger partial charge in [-0.05, 0) is 32.0 Å². The Kier molecular flexibility index (Phi) is 6.89. The summed E-state index contributed by atoms with van der Waals surface area (Å²) in [6.07, 6.45) is 0. The smallest absolute Gasteiger partial charge is 0.348 e. The molecule has 0 saturated heterocycles. The molecule has 2 aromatic rings. The summed E-state index contributed by atoms with van der Waals surface area (Å²) >= 11 is 0.844. The highest BCUT2D eigenvalue weighted by atomic mass is 32.1. The fraction of sp³-hybridized carbons (Fsp3) is 0.278. The Labute approximate surface area is 158 Å². The van der Waals surface area contributed by atoms with Crippen molar-refractivity contribution in [2.75, 3.05) is 18.9 Å². The van der Waals surface area contributed by atoms with Gasteiger partial charge in [-0.2, -0.15) is 0 Å². The molecule has 0 fully saturated rings. The summed E-state index contributed by atoms with van der Waals surface area (Å²) in [7, 11) is 0. The number of benzene rings is 1. The maximum absolute atomic E-state index is 13.3. The third-order valence-corrected chi connectivity index (χ3v) is 4.42. The highest BCUT2D eigenvalue weighted by Crippen LogP contribution is 2.33. The van der Waals surface area contributed by atoms with Gasteiger partial charge in [0.2, 0.25) is 0 Å². The van der Waals surface area contributed by atoms with Crippen LogP contribution >= 0.6 is 11.3 Å². The van der Waals surface area contributed by atoms with Gasteiger partial charge in [0.15, 0.2) is 0 Å². The first kappa shape index (κ1) is 20.4. The van der Waals surface area contributed by atoms with Crippen LogP contribution in [0, 0.1) is 5.82 Å². The van der Waals surface area contributed by atoms with Crippen molar-refractivity contribution >= 4 is 34.2 Å². The molecule has 9 heteroatoms. The molecule has 0 saturated carbocycles. The lowest BCUT2D eigenvalue weighted by atomic mass is 10.1. The molecule has 0 amide bonds. The van der Waals surface area contributed by atoms with Crippen LogP contribution in [0.2, 0.25) is 0 Å². The minimum Gasteiger partial charge on any atom is -0.462 e. The normalized spacial score (nSPS) is 10.3. The van der Waals surface area contributed by atoms with E-state index in [9.17, 15) is 18.8 Å². The number of thiophene rings is 1. The highest BCUT2D eigenvalue weighted by Gasteiger charge is 2.28. The van der Waals surface area contributed by atoms with Gasteiger partial charge in [0, 0.05) is 5.56 Å². The average molecular weight is 395 g/mol. The second kappa shape index (κ2) is 9.13. The van der Waals surface area contributed by atoms with E-state index in [0.717, 1.165) is 17.4 Å². The Morgan fingerprint density at radius 3 is 2.33 bits per heavy atom. The number of ether oxygens (including phenoxy) is 3. The molecule has 27 heavy (non-hydrogen) atoms. The minimum absolute atomic E-state index is 0.00595. The van der Waals surface area contributed by atoms with E-state index in [0.29, 0.717) is 0 Å². The van der Waals surface area contributed by atoms with Gasteiger partial charge < -0.3 is 19.9 Å². The molecule has 0 aliphatic rings. The van der Waals surface area contributed by atoms with E-state index >= 15 is 0 Å². The maximum atomic E-state index is 13.3. The summed E-state index contributed by atoms with van der Waals surface area (Å²) in [5.41, 5.74) is 5.91. The molecule has 0 atom stereocenters. The lowest BCUT2D eigenvalue weighted by Gasteiger charge is -2.09. The summed E-state index contributed by atoms with van der Waals surface area (Å²) in [6, 6.07) is 4.95. The topological polar surface area (TPSA) is 105 Å². The van der Waals surface area contributed by atoms with Crippen LogP contribution in [0.15, 0.2) is 24.3 Å². The number of hydrogen-bond donors (Lipinski definition) is 1. The first-order chi connectivity index (χ1) is 12.9. The third kappa shape index (κ3) is 4.82. The molecule has 1 aromatic heterocycles. The summed E-state index contributed by atoms with van der Waals surface area (Å²) in [5, 5.41) is 0.0494. The first-order valence-electron chi connectivity index (χ1n) is 8.07. The predicted octanol–water partition coefficient (Wildman–Crippen LogP) is 3.18. The lowest BCUT2D eigenvalue weighted by molar-refractivity contribution is 0.0437. The van der Waals surface area contributed by atoms with Crippen molar-refractivity contribution in [3.05, 3.63) is 51.7 Å². The molecule has 144 valence electrons. The average Bonchev–Trinajstić information content (AvgIpc) is 2.96. The number of esters is 3. The second-order valence-corrected chi connectivity index (χ2v) is 6.23. The van der Waals surface area contributed by atoms with Crippen molar-refractivity contribution in [1.82, 2.24) is 0 Å². The Bertz CT molecular complexity index is 864. The standard InChI is InChI=1S/C18H18FNO6S/c1-3-24-17(22)13-12(14(27-15(13)20)18(23)25-4-2)9-26-16(21)10-6-5-7-11(19)8-10/h5-8H,3-4,9,20H2,1-2H3. The van der Waals surface area contributed by atoms with Gasteiger partial charge in [-0.1, -0.05) is 6.07 Å². The zero-order valence-electron chi connectivity index (χ0n) is 14.7. The van der Waals surface area contributed by atoms with E-state index < -0.39 is 30.3 Å². The second-order valence-electron chi connectivity index (χ2n) is 5.18. The molecule has 0 spiro atoms. The van der Waals surface area contributed by atoms with E-state index in [1.807, 2.05) is 0 Å². The molecule has 7 nitrogen and oxygen atoms in total. The van der Waals surface area contributed by atoms with Crippen molar-refractivity contribution in [2.24, 2.45) is 0 Å². The molecule has 0 radical (unpaired) electrons. The maximum Gasteiger partial charge on any atom is 0.348 e. The van der Waals surface area contributed by atoms with E-state index in [1.165, 1.54) is 18.2 Å². The zero-order chi connectivity index (χ0) is 20.0. The van der Waals surface area contributed by atoms with Crippen molar-refractivity contribution in [3.8, 4) is 0 Å². The van der Waals surface area contributed by atoms with E-state index in [-0.39, 0.29) is 39.8 Å². The molecule has 0 bridgehead atoms. The van der Waals surface area contributed by atoms with Crippen LogP contribution in [0.25, 0.3) is 0 Å². The van der Waals surface area contributed by atoms with Crippen molar-refractivity contribution in [1.29, 1.82) is 0 Å². The number of hydrogen-bond acceptors (Lipinski definition) is 8. The van der Waals surface area contributed by atoms with Gasteiger partial charge >= 0.3 is 17.9 Å². The molecule has 1 aromatic carbocycles. The van der Waals surface area contributed by atoms with Crippen molar-refractivity contribution in [3.63, 3.8) is 0 Å². The first-order valence-corrected chi connectivity index (χ1v) is 8.88. The van der Waals surface area contributed by atoms with E-state index in [1.54, 1.807) is 13.8 Å². The number of rotatable bonds is 7. The number of nitrogen functional groups attached to an aromatic ring is 1. The van der Waals surface area contributed by atoms with E-state index in [2.05, 4.69) is 0 Å². The van der Waals surface area contributed by atoms with Crippen LogP contribution in [-0.2, 0) is 20.8 Å². The monoisotopic (exact) mass is 395 g/mol. The van der Waals surface area contributed by atoms with Crippen LogP contribution in [0.5, 0.6) is 0 Å². The van der Waals surface area contributed by atoms with Gasteiger partial charge in [0.05, 0.1) is 18.8 Å². The van der Waals surface area contributed by atoms with Crippen LogP contribution in [-0.4, -0.2) is 31.1 Å². The quantitative estimate of drug-likeness (QED) is 0.567. The highest BCUT2D eigenvalue weighted by molar-refractivity contribution is 7.18. The molecular formula is C18H18FNO6S. The predicted molar refractivity (Wildman–Crippen MR) is 96.2 cm³/mol. The molecule has 0 aliphatic heterocycles. The van der Waals surface area contributed by atoms with Gasteiger partial charge in [-0.25, -0.2) is 18.8 Å². The SMILES string of the molecule is CCOC(=O)c1sc(N)c(C(=O)OCC)c1COC(=O)c1cccc(F)c1. The fourth-order valence-corrected chi connectivity index (χ4v) is 3.20. The van der Waals surface area contributed by atoms with E-state index in [4.69, 9.17) is 19.9 Å². The number of nitrogens with two attached hydrogens (primary N) is 1. The van der Waals surface area contributed by atoms with Gasteiger partial charge in [-0.3, -0.25) is 0 Å². The fourth-order valence-electron chi connectivity index (χ4n) is 2.25. The Hall–Kier alpha value is -2.94. The van der Waals surface area contributed by atoms with Crippen LogP contribution in [0.3, 0.4) is 0 Å². The zero-order valence-corrected chi connectivity index (χ0v) is 15.6. The third-order valence-electron chi connectivity index (χ3n) is 3.38. The molecule has 2 N–H and O–H groups in total. The van der Waals surface area contributed by atoms with Crippen LogP contribution < -0.4 is 5.73 Å². The van der Waals surface area contributed by atoms with Crippen LogP contribution in [0.4, 0.5) is 9.39 Å². The number of halogens is 1. The summed E-state index contributed by atoms with van der Waals surface area (Å²) in [5.74, 6) is -2.84. The number of carbonyl (C=O) groups is 3. The largest absolute Gasteiger partial charge is 0.462 e. The summed E-state index contributed by atoms with van der Waals surface area (Å²) < 4.78 is 28.3. The molecule has 2 rings (SSSR count). The van der Waals surface area contributed by atoms with Gasteiger partial charge in [0.1, 0.15) is 27.9 Å². The lowest BCUT2D eigenvalue weighted by Crippen LogP contribution is -2.14. The minimum atomic E-state index is -0.816. The van der Waals surface area contributed by atoms with Crippen LogP contribution in [0.1, 0.15) is 49.8 Å². The molecule has 1 heterocycles. The van der Waals surface area contributed by atoms with Gasteiger partial charge in [-0.15, -0.1) is 11.3 Å². The number of carbonyl (C=O) groups excluding carboxylic acids is 3. The molecule has 0 aliphatic carbocycles. The Balaban J connectivity index is 2.33.